The number of carbonyl (C=O) groups excluding carboxylic acids is 1. The molecular formula is C14H18N2O2S. The average Bonchev–Trinajstić information content (AvgIpc) is 2.83. The molecule has 1 aromatic carbocycles. The molecule has 2 aliphatic heterocycles. The monoisotopic (exact) mass is 278 g/mol. The van der Waals surface area contributed by atoms with Crippen LogP contribution in [-0.4, -0.2) is 53.9 Å². The Labute approximate surface area is 117 Å². The normalized spacial score (nSPS) is 23.4. The Morgan fingerprint density at radius 1 is 1.37 bits per heavy atom. The van der Waals surface area contributed by atoms with Crippen LogP contribution in [0.2, 0.25) is 0 Å². The fraction of sp³-hybridized carbons (Fsp3) is 0.500. The quantitative estimate of drug-likeness (QED) is 0.882. The van der Waals surface area contributed by atoms with Crippen LogP contribution in [0.1, 0.15) is 6.42 Å². The van der Waals surface area contributed by atoms with Crippen LogP contribution in [0.25, 0.3) is 0 Å². The van der Waals surface area contributed by atoms with Crippen molar-refractivity contribution in [3.8, 4) is 0 Å². The molecule has 0 unspecified atom stereocenters. The topological polar surface area (TPSA) is 43.8 Å². The van der Waals surface area contributed by atoms with Gasteiger partial charge in [-0.25, -0.2) is 0 Å². The molecule has 3 rings (SSSR count). The number of likely N-dealkylation sites (tertiary alicyclic amines) is 1. The molecule has 19 heavy (non-hydrogen) atoms. The van der Waals surface area contributed by atoms with Crippen molar-refractivity contribution < 1.29 is 9.90 Å². The van der Waals surface area contributed by atoms with Gasteiger partial charge in [-0.2, -0.15) is 0 Å². The minimum Gasteiger partial charge on any atom is -0.392 e. The van der Waals surface area contributed by atoms with Gasteiger partial charge in [-0.1, -0.05) is 12.1 Å². The van der Waals surface area contributed by atoms with Gasteiger partial charge < -0.3 is 10.0 Å². The van der Waals surface area contributed by atoms with Crippen LogP contribution in [0.4, 0.5) is 5.69 Å². The summed E-state index contributed by atoms with van der Waals surface area (Å²) in [4.78, 5) is 17.5. The van der Waals surface area contributed by atoms with E-state index in [1.54, 1.807) is 11.8 Å². The zero-order chi connectivity index (χ0) is 13.2. The van der Waals surface area contributed by atoms with E-state index in [0.717, 1.165) is 31.0 Å². The van der Waals surface area contributed by atoms with E-state index in [0.29, 0.717) is 13.1 Å². The van der Waals surface area contributed by atoms with Gasteiger partial charge in [0.2, 0.25) is 5.91 Å². The van der Waals surface area contributed by atoms with Crippen molar-refractivity contribution in [2.24, 2.45) is 0 Å². The van der Waals surface area contributed by atoms with Gasteiger partial charge in [0.25, 0.3) is 0 Å². The van der Waals surface area contributed by atoms with E-state index < -0.39 is 0 Å². The summed E-state index contributed by atoms with van der Waals surface area (Å²) >= 11 is 1.81. The average molecular weight is 278 g/mol. The summed E-state index contributed by atoms with van der Waals surface area (Å²) in [5, 5.41) is 9.51. The number of hydrogen-bond acceptors (Lipinski definition) is 4. The summed E-state index contributed by atoms with van der Waals surface area (Å²) in [6.07, 6.45) is 0.511. The second kappa shape index (κ2) is 5.53. The van der Waals surface area contributed by atoms with E-state index in [-0.39, 0.29) is 12.0 Å². The lowest BCUT2D eigenvalue weighted by Crippen LogP contribution is -2.42. The minimum absolute atomic E-state index is 0.141. The van der Waals surface area contributed by atoms with E-state index >= 15 is 0 Å². The highest BCUT2D eigenvalue weighted by atomic mass is 32.2. The molecule has 0 spiro atoms. The molecule has 5 heteroatoms. The lowest BCUT2D eigenvalue weighted by atomic mass is 10.2. The molecule has 2 heterocycles. The number of rotatable bonds is 2. The van der Waals surface area contributed by atoms with E-state index in [4.69, 9.17) is 0 Å². The zero-order valence-electron chi connectivity index (χ0n) is 10.8. The highest BCUT2D eigenvalue weighted by molar-refractivity contribution is 7.99. The number of anilines is 1. The highest BCUT2D eigenvalue weighted by Crippen LogP contribution is 2.34. The standard InChI is InChI=1S/C14H18N2O2S/c17-11-5-6-15(9-11)10-14(18)16-7-8-19-13-4-2-1-3-12(13)16/h1-4,11,17H,5-10H2/t11-/m1/s1. The molecule has 0 aromatic heterocycles. The van der Waals surface area contributed by atoms with Gasteiger partial charge in [0.05, 0.1) is 18.3 Å². The van der Waals surface area contributed by atoms with Gasteiger partial charge in [-0.05, 0) is 18.6 Å². The molecule has 102 valence electrons. The number of fused-ring (bicyclic) bond motifs is 1. The number of nitrogens with zero attached hydrogens (tertiary/aromatic N) is 2. The third-order valence-electron chi connectivity index (χ3n) is 3.64. The zero-order valence-corrected chi connectivity index (χ0v) is 11.6. The summed E-state index contributed by atoms with van der Waals surface area (Å²) in [6.45, 7) is 2.63. The Balaban J connectivity index is 1.71. The molecule has 1 aromatic rings. The van der Waals surface area contributed by atoms with Crippen molar-refractivity contribution in [1.82, 2.24) is 4.90 Å². The first-order valence-corrected chi connectivity index (χ1v) is 7.65. The molecule has 1 amide bonds. The molecule has 0 bridgehead atoms. The predicted octanol–water partition coefficient (Wildman–Crippen LogP) is 1.19. The molecule has 4 nitrogen and oxygen atoms in total. The van der Waals surface area contributed by atoms with Crippen LogP contribution in [0, 0.1) is 0 Å². The number of carbonyl (C=O) groups is 1. The maximum Gasteiger partial charge on any atom is 0.241 e. The van der Waals surface area contributed by atoms with Gasteiger partial charge in [0.15, 0.2) is 0 Å². The smallest absolute Gasteiger partial charge is 0.241 e. The number of β-amino-alcohol motifs (C(OH)–C–C–N with tert-alkyl or cyclic N) is 1. The number of thioether (sulfide) groups is 1. The molecule has 1 saturated heterocycles. The van der Waals surface area contributed by atoms with Gasteiger partial charge in [-0.3, -0.25) is 9.69 Å². The van der Waals surface area contributed by atoms with Gasteiger partial charge in [-0.15, -0.1) is 11.8 Å². The van der Waals surface area contributed by atoms with E-state index in [9.17, 15) is 9.90 Å². The van der Waals surface area contributed by atoms with Gasteiger partial charge in [0.1, 0.15) is 0 Å². The van der Waals surface area contributed by atoms with Crippen LogP contribution < -0.4 is 4.90 Å². The Morgan fingerprint density at radius 3 is 3.00 bits per heavy atom. The first-order valence-electron chi connectivity index (χ1n) is 6.66. The number of hydrogen-bond donors (Lipinski definition) is 1. The van der Waals surface area contributed by atoms with Crippen LogP contribution in [-0.2, 0) is 4.79 Å². The fourth-order valence-electron chi connectivity index (χ4n) is 2.66. The SMILES string of the molecule is O=C(CN1CC[C@@H](O)C1)N1CCSc2ccccc21. The lowest BCUT2D eigenvalue weighted by molar-refractivity contribution is -0.119. The summed E-state index contributed by atoms with van der Waals surface area (Å²) < 4.78 is 0. The summed E-state index contributed by atoms with van der Waals surface area (Å²) in [5.41, 5.74) is 1.03. The Morgan fingerprint density at radius 2 is 2.21 bits per heavy atom. The Bertz CT molecular complexity index is 480. The van der Waals surface area contributed by atoms with E-state index in [2.05, 4.69) is 6.07 Å². The third kappa shape index (κ3) is 2.78. The van der Waals surface area contributed by atoms with E-state index in [1.807, 2.05) is 28.0 Å². The number of aliphatic hydroxyl groups excluding tert-OH is 1. The maximum atomic E-state index is 12.4. The highest BCUT2D eigenvalue weighted by Gasteiger charge is 2.27. The number of amides is 1. The predicted molar refractivity (Wildman–Crippen MR) is 76.6 cm³/mol. The molecule has 1 N–H and O–H groups in total. The fourth-order valence-corrected chi connectivity index (χ4v) is 3.66. The van der Waals surface area contributed by atoms with Crippen LogP contribution in [0.3, 0.4) is 0 Å². The Kier molecular flexibility index (Phi) is 3.77. The van der Waals surface area contributed by atoms with Crippen LogP contribution >= 0.6 is 11.8 Å². The molecular weight excluding hydrogens is 260 g/mol. The second-order valence-corrected chi connectivity index (χ2v) is 6.18. The van der Waals surface area contributed by atoms with Crippen molar-refractivity contribution >= 4 is 23.4 Å². The minimum atomic E-state index is -0.267. The number of para-hydroxylation sites is 1. The van der Waals surface area contributed by atoms with Crippen LogP contribution in [0.5, 0.6) is 0 Å². The number of aliphatic hydroxyl groups is 1. The summed E-state index contributed by atoms with van der Waals surface area (Å²) in [7, 11) is 0. The third-order valence-corrected chi connectivity index (χ3v) is 4.68. The van der Waals surface area contributed by atoms with Crippen molar-refractivity contribution in [2.45, 2.75) is 17.4 Å². The van der Waals surface area contributed by atoms with Crippen molar-refractivity contribution in [3.05, 3.63) is 24.3 Å². The first kappa shape index (κ1) is 13.0. The number of benzene rings is 1. The first-order chi connectivity index (χ1) is 9.24. The van der Waals surface area contributed by atoms with Crippen molar-refractivity contribution in [2.75, 3.05) is 36.8 Å². The van der Waals surface area contributed by atoms with Crippen molar-refractivity contribution in [3.63, 3.8) is 0 Å². The van der Waals surface area contributed by atoms with Crippen LogP contribution in [0.15, 0.2) is 29.2 Å². The van der Waals surface area contributed by atoms with Gasteiger partial charge >= 0.3 is 0 Å². The molecule has 0 saturated carbocycles. The van der Waals surface area contributed by atoms with Crippen molar-refractivity contribution in [1.29, 1.82) is 0 Å². The molecule has 0 aliphatic carbocycles. The maximum absolute atomic E-state index is 12.4. The second-order valence-electron chi connectivity index (χ2n) is 5.04. The Hall–Kier alpha value is -1.04. The van der Waals surface area contributed by atoms with Gasteiger partial charge in [0, 0.05) is 30.3 Å². The molecule has 1 atom stereocenters. The summed E-state index contributed by atoms with van der Waals surface area (Å²) in [5.74, 6) is 1.09. The lowest BCUT2D eigenvalue weighted by Gasteiger charge is -2.30. The molecule has 0 radical (unpaired) electrons. The molecule has 2 aliphatic rings. The molecule has 1 fully saturated rings. The summed E-state index contributed by atoms with van der Waals surface area (Å²) in [6, 6.07) is 8.07. The van der Waals surface area contributed by atoms with E-state index in [1.165, 1.54) is 4.90 Å². The largest absolute Gasteiger partial charge is 0.392 e.